The first-order chi connectivity index (χ1) is 9.17. The minimum Gasteiger partial charge on any atom is -0.270 e. The molecule has 0 spiro atoms. The second-order valence-electron chi connectivity index (χ2n) is 4.79. The summed E-state index contributed by atoms with van der Waals surface area (Å²) < 4.78 is 0. The average molecular weight is 291 g/mol. The van der Waals surface area contributed by atoms with Crippen LogP contribution in [0.25, 0.3) is 0 Å². The highest BCUT2D eigenvalue weighted by atomic mass is 32.2. The molecular formula is C14H17N3S2. The highest BCUT2D eigenvalue weighted by molar-refractivity contribution is 8.18. The smallest absolute Gasteiger partial charge is 0.159 e. The largest absolute Gasteiger partial charge is 0.270 e. The average Bonchev–Trinajstić information content (AvgIpc) is 2.44. The number of aliphatic imine (C=N–C) groups is 3. The van der Waals surface area contributed by atoms with Gasteiger partial charge in [0.1, 0.15) is 0 Å². The van der Waals surface area contributed by atoms with Crippen LogP contribution in [0, 0.1) is 5.92 Å². The van der Waals surface area contributed by atoms with E-state index in [1.807, 2.05) is 30.6 Å². The van der Waals surface area contributed by atoms with E-state index >= 15 is 0 Å². The summed E-state index contributed by atoms with van der Waals surface area (Å²) in [7, 11) is 1.81. The van der Waals surface area contributed by atoms with Crippen LogP contribution in [-0.4, -0.2) is 34.8 Å². The molecule has 3 aliphatic rings. The van der Waals surface area contributed by atoms with Crippen molar-refractivity contribution < 1.29 is 0 Å². The summed E-state index contributed by atoms with van der Waals surface area (Å²) in [5.74, 6) is 2.16. The second-order valence-corrected chi connectivity index (χ2v) is 7.26. The predicted molar refractivity (Wildman–Crippen MR) is 87.7 cm³/mol. The van der Waals surface area contributed by atoms with Crippen molar-refractivity contribution in [1.29, 1.82) is 0 Å². The zero-order valence-corrected chi connectivity index (χ0v) is 13.2. The zero-order valence-electron chi connectivity index (χ0n) is 11.6. The summed E-state index contributed by atoms with van der Waals surface area (Å²) >= 11 is 3.92. The lowest BCUT2D eigenvalue weighted by atomic mass is 9.91. The van der Waals surface area contributed by atoms with Crippen molar-refractivity contribution in [3.8, 4) is 0 Å². The molecule has 0 radical (unpaired) electrons. The van der Waals surface area contributed by atoms with E-state index in [-0.39, 0.29) is 0 Å². The monoisotopic (exact) mass is 291 g/mol. The SMILES string of the molecule is CC=C1C(=NC)N=C2N=C(C)[C@@H](C)C3=C2[C@@H]1SCS3. The van der Waals surface area contributed by atoms with Gasteiger partial charge in [-0.1, -0.05) is 13.0 Å². The second kappa shape index (κ2) is 4.94. The van der Waals surface area contributed by atoms with Crippen molar-refractivity contribution in [1.82, 2.24) is 0 Å². The fourth-order valence-corrected chi connectivity index (χ4v) is 5.63. The van der Waals surface area contributed by atoms with Crippen molar-refractivity contribution in [2.24, 2.45) is 20.9 Å². The molecule has 0 fully saturated rings. The van der Waals surface area contributed by atoms with E-state index < -0.39 is 0 Å². The van der Waals surface area contributed by atoms with E-state index in [4.69, 9.17) is 4.99 Å². The summed E-state index contributed by atoms with van der Waals surface area (Å²) in [4.78, 5) is 15.2. The molecular weight excluding hydrogens is 274 g/mol. The molecule has 5 heteroatoms. The van der Waals surface area contributed by atoms with E-state index in [9.17, 15) is 0 Å². The predicted octanol–water partition coefficient (Wildman–Crippen LogP) is 3.54. The van der Waals surface area contributed by atoms with Crippen molar-refractivity contribution in [3.05, 3.63) is 22.1 Å². The maximum absolute atomic E-state index is 4.71. The lowest BCUT2D eigenvalue weighted by molar-refractivity contribution is 0.935. The number of hydrogen-bond acceptors (Lipinski definition) is 4. The molecule has 3 aliphatic heterocycles. The molecule has 3 heterocycles. The Balaban J connectivity index is 2.25. The molecule has 0 aromatic carbocycles. The molecule has 0 aromatic heterocycles. The summed E-state index contributed by atoms with van der Waals surface area (Å²) in [6.07, 6.45) is 2.15. The van der Waals surface area contributed by atoms with Crippen LogP contribution in [0.15, 0.2) is 37.1 Å². The van der Waals surface area contributed by atoms with Crippen molar-refractivity contribution in [2.45, 2.75) is 26.0 Å². The zero-order chi connectivity index (χ0) is 13.6. The first-order valence-corrected chi connectivity index (χ1v) is 8.46. The minimum absolute atomic E-state index is 0.367. The van der Waals surface area contributed by atoms with E-state index in [2.05, 4.69) is 36.8 Å². The summed E-state index contributed by atoms with van der Waals surface area (Å²) in [6.45, 7) is 6.42. The number of amidine groups is 2. The van der Waals surface area contributed by atoms with Crippen molar-refractivity contribution >= 4 is 40.9 Å². The molecule has 0 N–H and O–H groups in total. The van der Waals surface area contributed by atoms with Gasteiger partial charge in [-0.3, -0.25) is 4.99 Å². The maximum atomic E-state index is 4.71. The Morgan fingerprint density at radius 2 is 2.16 bits per heavy atom. The van der Waals surface area contributed by atoms with Crippen LogP contribution in [-0.2, 0) is 0 Å². The molecule has 19 heavy (non-hydrogen) atoms. The molecule has 0 bridgehead atoms. The molecule has 3 nitrogen and oxygen atoms in total. The van der Waals surface area contributed by atoms with Crippen LogP contribution in [0.2, 0.25) is 0 Å². The Hall–Kier alpha value is -0.810. The summed E-state index contributed by atoms with van der Waals surface area (Å²) in [5, 5.41) is 1.47. The third-order valence-corrected chi connectivity index (χ3v) is 6.52. The van der Waals surface area contributed by atoms with Crippen LogP contribution >= 0.6 is 23.5 Å². The molecule has 100 valence electrons. The number of dihydropyridines is 1. The minimum atomic E-state index is 0.367. The van der Waals surface area contributed by atoms with Crippen LogP contribution in [0.1, 0.15) is 20.8 Å². The fraction of sp³-hybridized carbons (Fsp3) is 0.500. The first-order valence-electron chi connectivity index (χ1n) is 6.43. The number of allylic oxidation sites excluding steroid dienone is 2. The summed E-state index contributed by atoms with van der Waals surface area (Å²) in [6, 6.07) is 0. The number of thioether (sulfide) groups is 2. The van der Waals surface area contributed by atoms with E-state index in [0.29, 0.717) is 11.2 Å². The maximum Gasteiger partial charge on any atom is 0.159 e. The molecule has 3 rings (SSSR count). The third-order valence-electron chi connectivity index (χ3n) is 3.80. The molecule has 2 atom stereocenters. The lowest BCUT2D eigenvalue weighted by Crippen LogP contribution is -2.35. The highest BCUT2D eigenvalue weighted by Gasteiger charge is 2.39. The Morgan fingerprint density at radius 1 is 1.37 bits per heavy atom. The number of rotatable bonds is 0. The van der Waals surface area contributed by atoms with Crippen LogP contribution in [0.4, 0.5) is 0 Å². The lowest BCUT2D eigenvalue weighted by Gasteiger charge is -2.36. The van der Waals surface area contributed by atoms with Crippen LogP contribution < -0.4 is 0 Å². The third kappa shape index (κ3) is 1.94. The quantitative estimate of drug-likeness (QED) is 0.684. The molecule has 0 saturated heterocycles. The van der Waals surface area contributed by atoms with Gasteiger partial charge < -0.3 is 0 Å². The van der Waals surface area contributed by atoms with Gasteiger partial charge in [0.05, 0.1) is 5.25 Å². The molecule has 0 amide bonds. The van der Waals surface area contributed by atoms with Crippen molar-refractivity contribution in [3.63, 3.8) is 0 Å². The normalized spacial score (nSPS) is 34.3. The fourth-order valence-electron chi connectivity index (χ4n) is 2.63. The summed E-state index contributed by atoms with van der Waals surface area (Å²) in [5.41, 5.74) is 3.74. The van der Waals surface area contributed by atoms with E-state index in [1.165, 1.54) is 16.1 Å². The van der Waals surface area contributed by atoms with Crippen LogP contribution in [0.5, 0.6) is 0 Å². The Kier molecular flexibility index (Phi) is 3.43. The van der Waals surface area contributed by atoms with Gasteiger partial charge in [-0.2, -0.15) is 0 Å². The molecule has 0 unspecified atom stereocenters. The standard InChI is InChI=1S/C14H17N3S2/c1-5-9-12-10-11(18-6-19-12)7(2)8(3)16-14(10)17-13(9)15-4/h5,7,12H,6H2,1-4H3/t7-,12-/m1/s1. The van der Waals surface area contributed by atoms with E-state index in [1.54, 1.807) is 0 Å². The van der Waals surface area contributed by atoms with Gasteiger partial charge in [-0.25, -0.2) is 9.98 Å². The molecule has 0 aliphatic carbocycles. The van der Waals surface area contributed by atoms with Gasteiger partial charge in [-0.15, -0.1) is 23.5 Å². The first kappa shape index (κ1) is 13.2. The Morgan fingerprint density at radius 3 is 2.84 bits per heavy atom. The number of nitrogens with zero attached hydrogens (tertiary/aromatic N) is 3. The highest BCUT2D eigenvalue weighted by Crippen LogP contribution is 2.48. The van der Waals surface area contributed by atoms with Gasteiger partial charge in [0.2, 0.25) is 0 Å². The van der Waals surface area contributed by atoms with Gasteiger partial charge in [0.15, 0.2) is 11.7 Å². The Labute approximate surface area is 122 Å². The molecule has 0 saturated carbocycles. The van der Waals surface area contributed by atoms with Gasteiger partial charge in [0.25, 0.3) is 0 Å². The van der Waals surface area contributed by atoms with E-state index in [0.717, 1.165) is 22.5 Å². The van der Waals surface area contributed by atoms with Crippen LogP contribution in [0.3, 0.4) is 0 Å². The van der Waals surface area contributed by atoms with Gasteiger partial charge in [0, 0.05) is 39.8 Å². The van der Waals surface area contributed by atoms with Gasteiger partial charge >= 0.3 is 0 Å². The topological polar surface area (TPSA) is 37.1 Å². The number of hydrogen-bond donors (Lipinski definition) is 0. The Bertz CT molecular complexity index is 581. The van der Waals surface area contributed by atoms with Crippen molar-refractivity contribution in [2.75, 3.05) is 12.1 Å². The van der Waals surface area contributed by atoms with Gasteiger partial charge in [-0.05, 0) is 13.8 Å². The molecule has 0 aromatic rings.